The molecule has 0 amide bonds. The van der Waals surface area contributed by atoms with Gasteiger partial charge in [-0.2, -0.15) is 0 Å². The molecule has 0 radical (unpaired) electrons. The Balaban J connectivity index is 2.14. The SMILES string of the molecule is O=C(CC(=O)c1ccccc1Cl)c1cccnc1. The van der Waals surface area contributed by atoms with Crippen LogP contribution in [0.1, 0.15) is 27.1 Å². The van der Waals surface area contributed by atoms with Crippen LogP contribution in [-0.2, 0) is 0 Å². The largest absolute Gasteiger partial charge is 0.294 e. The van der Waals surface area contributed by atoms with Crippen molar-refractivity contribution in [3.8, 4) is 0 Å². The molecule has 1 aromatic heterocycles. The van der Waals surface area contributed by atoms with Crippen LogP contribution in [0.5, 0.6) is 0 Å². The zero-order chi connectivity index (χ0) is 13.0. The molecule has 4 heteroatoms. The fourth-order valence-electron chi connectivity index (χ4n) is 1.56. The van der Waals surface area contributed by atoms with Crippen molar-refractivity contribution in [1.82, 2.24) is 4.98 Å². The van der Waals surface area contributed by atoms with Crippen LogP contribution in [0.2, 0.25) is 5.02 Å². The van der Waals surface area contributed by atoms with E-state index < -0.39 is 0 Å². The molecule has 0 saturated carbocycles. The molecular weight excluding hydrogens is 250 g/mol. The molecule has 0 aliphatic carbocycles. The zero-order valence-corrected chi connectivity index (χ0v) is 10.2. The third-order valence-electron chi connectivity index (χ3n) is 2.48. The first-order valence-electron chi connectivity index (χ1n) is 5.39. The molecule has 0 N–H and O–H groups in total. The van der Waals surface area contributed by atoms with Crippen LogP contribution in [0.3, 0.4) is 0 Å². The van der Waals surface area contributed by atoms with Gasteiger partial charge < -0.3 is 0 Å². The highest BCUT2D eigenvalue weighted by Gasteiger charge is 2.15. The number of carbonyl (C=O) groups excluding carboxylic acids is 2. The summed E-state index contributed by atoms with van der Waals surface area (Å²) in [5, 5.41) is 0.362. The number of aromatic nitrogens is 1. The predicted molar refractivity (Wildman–Crippen MR) is 69.0 cm³/mol. The van der Waals surface area contributed by atoms with E-state index in [0.717, 1.165) is 0 Å². The topological polar surface area (TPSA) is 47.0 Å². The lowest BCUT2D eigenvalue weighted by atomic mass is 10.0. The number of carbonyl (C=O) groups is 2. The summed E-state index contributed by atoms with van der Waals surface area (Å²) in [6.07, 6.45) is 2.82. The van der Waals surface area contributed by atoms with Crippen molar-refractivity contribution >= 4 is 23.2 Å². The van der Waals surface area contributed by atoms with Gasteiger partial charge >= 0.3 is 0 Å². The zero-order valence-electron chi connectivity index (χ0n) is 9.47. The fraction of sp³-hybridized carbons (Fsp3) is 0.0714. The number of ketones is 2. The summed E-state index contributed by atoms with van der Waals surface area (Å²) in [4.78, 5) is 27.6. The van der Waals surface area contributed by atoms with Crippen LogP contribution in [0.15, 0.2) is 48.8 Å². The second-order valence-corrected chi connectivity index (χ2v) is 4.15. The average Bonchev–Trinajstić information content (AvgIpc) is 2.40. The minimum Gasteiger partial charge on any atom is -0.294 e. The molecule has 0 spiro atoms. The smallest absolute Gasteiger partial charge is 0.172 e. The van der Waals surface area contributed by atoms with Gasteiger partial charge in [0, 0.05) is 23.5 Å². The number of benzene rings is 1. The van der Waals surface area contributed by atoms with E-state index in [1.807, 2.05) is 0 Å². The maximum absolute atomic E-state index is 11.9. The number of hydrogen-bond acceptors (Lipinski definition) is 3. The summed E-state index contributed by atoms with van der Waals surface area (Å²) >= 11 is 5.90. The highest BCUT2D eigenvalue weighted by atomic mass is 35.5. The van der Waals surface area contributed by atoms with Crippen LogP contribution < -0.4 is 0 Å². The van der Waals surface area contributed by atoms with E-state index in [1.54, 1.807) is 42.6 Å². The lowest BCUT2D eigenvalue weighted by Gasteiger charge is -2.02. The molecule has 0 aliphatic rings. The first-order chi connectivity index (χ1) is 8.68. The van der Waals surface area contributed by atoms with Crippen LogP contribution >= 0.6 is 11.6 Å². The van der Waals surface area contributed by atoms with Gasteiger partial charge in [0.2, 0.25) is 0 Å². The molecule has 0 unspecified atom stereocenters. The quantitative estimate of drug-likeness (QED) is 0.626. The van der Waals surface area contributed by atoms with Crippen LogP contribution in [0.4, 0.5) is 0 Å². The first kappa shape index (κ1) is 12.5. The molecule has 0 fully saturated rings. The molecule has 2 aromatic rings. The van der Waals surface area contributed by atoms with Crippen molar-refractivity contribution in [2.24, 2.45) is 0 Å². The second-order valence-electron chi connectivity index (χ2n) is 3.74. The Kier molecular flexibility index (Phi) is 3.85. The van der Waals surface area contributed by atoms with Crippen molar-refractivity contribution in [3.63, 3.8) is 0 Å². The third kappa shape index (κ3) is 2.81. The van der Waals surface area contributed by atoms with E-state index in [0.29, 0.717) is 16.1 Å². The van der Waals surface area contributed by atoms with Gasteiger partial charge in [0.15, 0.2) is 11.6 Å². The van der Waals surface area contributed by atoms with Gasteiger partial charge in [-0.1, -0.05) is 23.7 Å². The summed E-state index contributed by atoms with van der Waals surface area (Å²) in [6.45, 7) is 0. The minimum atomic E-state index is -0.283. The van der Waals surface area contributed by atoms with Crippen molar-refractivity contribution in [2.75, 3.05) is 0 Å². The molecule has 0 atom stereocenters. The Morgan fingerprint density at radius 2 is 1.83 bits per heavy atom. The predicted octanol–water partition coefficient (Wildman–Crippen LogP) is 3.19. The number of rotatable bonds is 4. The van der Waals surface area contributed by atoms with Gasteiger partial charge in [0.05, 0.1) is 11.4 Å². The van der Waals surface area contributed by atoms with Crippen LogP contribution in [0, 0.1) is 0 Å². The number of hydrogen-bond donors (Lipinski definition) is 0. The maximum Gasteiger partial charge on any atom is 0.172 e. The normalized spacial score (nSPS) is 10.1. The van der Waals surface area contributed by atoms with Crippen LogP contribution in [-0.4, -0.2) is 16.6 Å². The van der Waals surface area contributed by atoms with E-state index in [4.69, 9.17) is 11.6 Å². The molecule has 0 saturated heterocycles. The molecular formula is C14H10ClNO2. The van der Waals surface area contributed by atoms with Gasteiger partial charge in [-0.05, 0) is 24.3 Å². The number of Topliss-reactive ketones (excluding diaryl/α,β-unsaturated/α-hetero) is 2. The molecule has 0 bridgehead atoms. The van der Waals surface area contributed by atoms with E-state index >= 15 is 0 Å². The summed E-state index contributed by atoms with van der Waals surface area (Å²) in [5.74, 6) is -0.539. The third-order valence-corrected chi connectivity index (χ3v) is 2.81. The minimum absolute atomic E-state index is 0.199. The van der Waals surface area contributed by atoms with Crippen molar-refractivity contribution in [1.29, 1.82) is 0 Å². The highest BCUT2D eigenvalue weighted by Crippen LogP contribution is 2.17. The van der Waals surface area contributed by atoms with Gasteiger partial charge in [0.1, 0.15) is 0 Å². The fourth-order valence-corrected chi connectivity index (χ4v) is 1.80. The Labute approximate surface area is 109 Å². The Morgan fingerprint density at radius 1 is 1.06 bits per heavy atom. The summed E-state index contributed by atoms with van der Waals surface area (Å²) < 4.78 is 0. The van der Waals surface area contributed by atoms with Gasteiger partial charge in [-0.25, -0.2) is 0 Å². The molecule has 1 aromatic carbocycles. The monoisotopic (exact) mass is 259 g/mol. The van der Waals surface area contributed by atoms with Crippen LogP contribution in [0.25, 0.3) is 0 Å². The summed E-state index contributed by atoms with van der Waals surface area (Å²) in [6, 6.07) is 9.99. The van der Waals surface area contributed by atoms with Gasteiger partial charge in [-0.3, -0.25) is 14.6 Å². The Morgan fingerprint density at radius 3 is 2.50 bits per heavy atom. The standard InChI is InChI=1S/C14H10ClNO2/c15-12-6-2-1-5-11(12)14(18)8-13(17)10-4-3-7-16-9-10/h1-7,9H,8H2. The number of pyridine rings is 1. The van der Waals surface area contributed by atoms with Gasteiger partial charge in [-0.15, -0.1) is 0 Å². The lowest BCUT2D eigenvalue weighted by Crippen LogP contribution is -2.09. The molecule has 1 heterocycles. The highest BCUT2D eigenvalue weighted by molar-refractivity contribution is 6.34. The average molecular weight is 260 g/mol. The molecule has 90 valence electrons. The Hall–Kier alpha value is -2.00. The van der Waals surface area contributed by atoms with E-state index in [2.05, 4.69) is 4.98 Å². The molecule has 18 heavy (non-hydrogen) atoms. The van der Waals surface area contributed by atoms with E-state index in [1.165, 1.54) is 6.20 Å². The first-order valence-corrected chi connectivity index (χ1v) is 5.77. The summed E-state index contributed by atoms with van der Waals surface area (Å²) in [5.41, 5.74) is 0.800. The van der Waals surface area contributed by atoms with Gasteiger partial charge in [0.25, 0.3) is 0 Å². The Bertz CT molecular complexity index is 581. The molecule has 3 nitrogen and oxygen atoms in total. The summed E-state index contributed by atoms with van der Waals surface area (Å²) in [7, 11) is 0. The molecule has 0 aliphatic heterocycles. The van der Waals surface area contributed by atoms with E-state index in [-0.39, 0.29) is 18.0 Å². The maximum atomic E-state index is 11.9. The van der Waals surface area contributed by atoms with E-state index in [9.17, 15) is 9.59 Å². The lowest BCUT2D eigenvalue weighted by molar-refractivity contribution is 0.0894. The molecule has 2 rings (SSSR count). The van der Waals surface area contributed by atoms with Crippen molar-refractivity contribution in [3.05, 3.63) is 64.9 Å². The van der Waals surface area contributed by atoms with Crippen molar-refractivity contribution < 1.29 is 9.59 Å². The number of halogens is 1. The number of nitrogens with zero attached hydrogens (tertiary/aromatic N) is 1. The van der Waals surface area contributed by atoms with Crippen molar-refractivity contribution in [2.45, 2.75) is 6.42 Å². The second kappa shape index (κ2) is 5.56.